The lowest BCUT2D eigenvalue weighted by Gasteiger charge is -2.38. The average molecular weight is 570 g/mol. The second kappa shape index (κ2) is 11.3. The summed E-state index contributed by atoms with van der Waals surface area (Å²) in [6.45, 7) is 3.18. The normalized spacial score (nSPS) is 16.0. The first kappa shape index (κ1) is 27.0. The molecule has 3 amide bonds. The Kier molecular flexibility index (Phi) is 7.81. The van der Waals surface area contributed by atoms with E-state index in [2.05, 4.69) is 5.32 Å². The number of halogens is 2. The maximum absolute atomic E-state index is 13.3. The SMILES string of the molecule is CCn1c(=O)c(-c2cccc(Cl)c2Cl)cn(CC(=O)N2CCC(N3CCc4ccccc4NC3=O)CC2)c1=O. The highest BCUT2D eigenvalue weighted by Gasteiger charge is 2.31. The Labute approximate surface area is 235 Å². The summed E-state index contributed by atoms with van der Waals surface area (Å²) in [6, 6.07) is 12.6. The summed E-state index contributed by atoms with van der Waals surface area (Å²) < 4.78 is 2.34. The van der Waals surface area contributed by atoms with Crippen LogP contribution in [0.4, 0.5) is 10.5 Å². The van der Waals surface area contributed by atoms with Crippen molar-refractivity contribution in [3.8, 4) is 11.1 Å². The molecule has 1 N–H and O–H groups in total. The number of carbonyl (C=O) groups is 2. The summed E-state index contributed by atoms with van der Waals surface area (Å²) in [5.74, 6) is -0.229. The van der Waals surface area contributed by atoms with Crippen LogP contribution in [-0.4, -0.2) is 56.5 Å². The molecule has 3 aromatic rings. The van der Waals surface area contributed by atoms with Gasteiger partial charge in [0.05, 0.1) is 15.6 Å². The molecule has 204 valence electrons. The maximum Gasteiger partial charge on any atom is 0.331 e. The number of amides is 3. The fourth-order valence-corrected chi connectivity index (χ4v) is 5.76. The number of hydrogen-bond acceptors (Lipinski definition) is 4. The molecule has 0 saturated carbocycles. The second-order valence-electron chi connectivity index (χ2n) is 9.75. The third-order valence-corrected chi connectivity index (χ3v) is 8.32. The molecule has 9 nitrogen and oxygen atoms in total. The van der Waals surface area contributed by atoms with Gasteiger partial charge in [-0.1, -0.05) is 53.5 Å². The molecule has 1 saturated heterocycles. The van der Waals surface area contributed by atoms with Crippen LogP contribution in [0, 0.1) is 0 Å². The average Bonchev–Trinajstić information content (AvgIpc) is 3.10. The molecule has 2 aromatic carbocycles. The number of aromatic nitrogens is 2. The smallest absolute Gasteiger partial charge is 0.331 e. The highest BCUT2D eigenvalue weighted by atomic mass is 35.5. The Hall–Kier alpha value is -3.56. The minimum Gasteiger partial charge on any atom is -0.341 e. The van der Waals surface area contributed by atoms with E-state index in [-0.39, 0.29) is 46.7 Å². The van der Waals surface area contributed by atoms with Gasteiger partial charge < -0.3 is 15.1 Å². The molecule has 5 rings (SSSR count). The minimum atomic E-state index is -0.562. The van der Waals surface area contributed by atoms with Crippen molar-refractivity contribution in [2.75, 3.05) is 25.0 Å². The van der Waals surface area contributed by atoms with Crippen LogP contribution < -0.4 is 16.6 Å². The number of urea groups is 1. The fraction of sp³-hybridized carbons (Fsp3) is 0.357. The maximum atomic E-state index is 13.3. The van der Waals surface area contributed by atoms with Crippen molar-refractivity contribution in [1.82, 2.24) is 18.9 Å². The number of nitrogens with one attached hydrogen (secondary N) is 1. The zero-order valence-electron chi connectivity index (χ0n) is 21.5. The minimum absolute atomic E-state index is 0.0182. The first-order valence-corrected chi connectivity index (χ1v) is 13.8. The first-order valence-electron chi connectivity index (χ1n) is 13.0. The van der Waals surface area contributed by atoms with Gasteiger partial charge in [-0.25, -0.2) is 9.59 Å². The van der Waals surface area contributed by atoms with E-state index < -0.39 is 11.2 Å². The number of carbonyl (C=O) groups excluding carboxylic acids is 2. The molecule has 0 aliphatic carbocycles. The molecule has 1 aromatic heterocycles. The van der Waals surface area contributed by atoms with Gasteiger partial charge in [0.15, 0.2) is 0 Å². The van der Waals surface area contributed by atoms with E-state index >= 15 is 0 Å². The third kappa shape index (κ3) is 5.33. The Balaban J connectivity index is 1.30. The number of para-hydroxylation sites is 1. The van der Waals surface area contributed by atoms with Crippen molar-refractivity contribution in [3.05, 3.63) is 85.1 Å². The molecule has 0 spiro atoms. The van der Waals surface area contributed by atoms with Crippen molar-refractivity contribution in [1.29, 1.82) is 0 Å². The molecule has 39 heavy (non-hydrogen) atoms. The van der Waals surface area contributed by atoms with Crippen molar-refractivity contribution in [2.45, 2.75) is 45.3 Å². The summed E-state index contributed by atoms with van der Waals surface area (Å²) in [5, 5.41) is 3.50. The molecule has 2 aliphatic rings. The lowest BCUT2D eigenvalue weighted by atomic mass is 10.0. The van der Waals surface area contributed by atoms with Gasteiger partial charge in [0.2, 0.25) is 5.91 Å². The van der Waals surface area contributed by atoms with E-state index in [0.29, 0.717) is 38.0 Å². The summed E-state index contributed by atoms with van der Waals surface area (Å²) in [7, 11) is 0. The van der Waals surface area contributed by atoms with Gasteiger partial charge in [-0.05, 0) is 43.9 Å². The molecular weight excluding hydrogens is 541 g/mol. The van der Waals surface area contributed by atoms with E-state index in [1.54, 1.807) is 30.0 Å². The number of likely N-dealkylation sites (tertiary alicyclic amines) is 1. The van der Waals surface area contributed by atoms with Gasteiger partial charge in [0, 0.05) is 49.7 Å². The van der Waals surface area contributed by atoms with E-state index in [1.165, 1.54) is 10.8 Å². The Morgan fingerprint density at radius 3 is 2.46 bits per heavy atom. The fourth-order valence-electron chi connectivity index (χ4n) is 5.35. The molecule has 2 aliphatic heterocycles. The second-order valence-corrected chi connectivity index (χ2v) is 10.5. The standard InChI is InChI=1S/C28H29Cl2N5O4/c1-2-34-26(37)21(20-7-5-8-22(29)25(20)30)16-33(28(34)39)17-24(36)32-13-11-19(12-14-32)35-15-10-18-6-3-4-9-23(18)31-27(35)38/h3-9,16,19H,2,10-15,17H2,1H3,(H,31,38). The number of nitrogens with zero attached hydrogens (tertiary/aromatic N) is 4. The molecule has 1 fully saturated rings. The number of piperidine rings is 1. The van der Waals surface area contributed by atoms with Crippen LogP contribution in [0.3, 0.4) is 0 Å². The van der Waals surface area contributed by atoms with E-state index in [4.69, 9.17) is 23.2 Å². The molecule has 0 unspecified atom stereocenters. The highest BCUT2D eigenvalue weighted by Crippen LogP contribution is 2.31. The van der Waals surface area contributed by atoms with Gasteiger partial charge >= 0.3 is 11.7 Å². The van der Waals surface area contributed by atoms with Crippen LogP contribution >= 0.6 is 23.2 Å². The Morgan fingerprint density at radius 1 is 0.974 bits per heavy atom. The largest absolute Gasteiger partial charge is 0.341 e. The number of anilines is 1. The molecule has 0 bridgehead atoms. The van der Waals surface area contributed by atoms with Gasteiger partial charge in [-0.2, -0.15) is 0 Å². The number of rotatable bonds is 5. The van der Waals surface area contributed by atoms with Gasteiger partial charge in [0.25, 0.3) is 5.56 Å². The summed E-state index contributed by atoms with van der Waals surface area (Å²) >= 11 is 12.5. The zero-order chi connectivity index (χ0) is 27.7. The number of fused-ring (bicyclic) bond motifs is 1. The summed E-state index contributed by atoms with van der Waals surface area (Å²) in [4.78, 5) is 55.8. The van der Waals surface area contributed by atoms with Crippen molar-refractivity contribution in [3.63, 3.8) is 0 Å². The predicted octanol–water partition coefficient (Wildman–Crippen LogP) is 4.08. The van der Waals surface area contributed by atoms with Crippen LogP contribution in [0.25, 0.3) is 11.1 Å². The van der Waals surface area contributed by atoms with Crippen LogP contribution in [-0.2, 0) is 24.3 Å². The summed E-state index contributed by atoms with van der Waals surface area (Å²) in [5.41, 5.74) is 1.50. The third-order valence-electron chi connectivity index (χ3n) is 7.50. The quantitative estimate of drug-likeness (QED) is 0.500. The lowest BCUT2D eigenvalue weighted by molar-refractivity contribution is -0.133. The van der Waals surface area contributed by atoms with Gasteiger partial charge in [0.1, 0.15) is 6.54 Å². The lowest BCUT2D eigenvalue weighted by Crippen LogP contribution is -2.51. The Morgan fingerprint density at radius 2 is 1.72 bits per heavy atom. The van der Waals surface area contributed by atoms with E-state index in [1.807, 2.05) is 29.2 Å². The van der Waals surface area contributed by atoms with E-state index in [0.717, 1.165) is 22.2 Å². The van der Waals surface area contributed by atoms with Crippen molar-refractivity contribution < 1.29 is 9.59 Å². The molecule has 0 radical (unpaired) electrons. The number of hydrogen-bond donors (Lipinski definition) is 1. The molecule has 0 atom stereocenters. The van der Waals surface area contributed by atoms with Crippen LogP contribution in [0.2, 0.25) is 10.0 Å². The first-order chi connectivity index (χ1) is 18.8. The van der Waals surface area contributed by atoms with Gasteiger partial charge in [-0.3, -0.25) is 18.7 Å². The van der Waals surface area contributed by atoms with Crippen LogP contribution in [0.15, 0.2) is 58.3 Å². The van der Waals surface area contributed by atoms with Crippen LogP contribution in [0.5, 0.6) is 0 Å². The number of benzene rings is 2. The van der Waals surface area contributed by atoms with Crippen molar-refractivity contribution >= 4 is 40.8 Å². The Bertz CT molecular complexity index is 1540. The molecule has 11 heteroatoms. The zero-order valence-corrected chi connectivity index (χ0v) is 23.0. The van der Waals surface area contributed by atoms with Crippen LogP contribution in [0.1, 0.15) is 25.3 Å². The topological polar surface area (TPSA) is 96.7 Å². The highest BCUT2D eigenvalue weighted by molar-refractivity contribution is 6.43. The summed E-state index contributed by atoms with van der Waals surface area (Å²) in [6.07, 6.45) is 3.44. The predicted molar refractivity (Wildman–Crippen MR) is 152 cm³/mol. The van der Waals surface area contributed by atoms with E-state index in [9.17, 15) is 19.2 Å². The monoisotopic (exact) mass is 569 g/mol. The molecular formula is C28H29Cl2N5O4. The van der Waals surface area contributed by atoms with Gasteiger partial charge in [-0.15, -0.1) is 0 Å². The molecule has 3 heterocycles. The van der Waals surface area contributed by atoms with Crippen molar-refractivity contribution in [2.24, 2.45) is 0 Å².